The van der Waals surface area contributed by atoms with Gasteiger partial charge in [-0.3, -0.25) is 10.1 Å². The zero-order chi connectivity index (χ0) is 27.9. The number of thiazole rings is 1. The highest BCUT2D eigenvalue weighted by Gasteiger charge is 2.45. The van der Waals surface area contributed by atoms with Gasteiger partial charge in [-0.2, -0.15) is 13.2 Å². The lowest BCUT2D eigenvalue weighted by atomic mass is 10.0. The molecule has 2 aliphatic rings. The van der Waals surface area contributed by atoms with E-state index in [1.807, 2.05) is 30.3 Å². The fourth-order valence-electron chi connectivity index (χ4n) is 4.51. The number of hydrogen-bond acceptors (Lipinski definition) is 7. The lowest BCUT2D eigenvalue weighted by molar-refractivity contribution is -0.189. The molecule has 40 heavy (non-hydrogen) atoms. The van der Waals surface area contributed by atoms with Crippen LogP contribution in [0, 0.1) is 5.92 Å². The number of hydrogen-bond donors (Lipinski definition) is 2. The van der Waals surface area contributed by atoms with Gasteiger partial charge in [-0.05, 0) is 62.1 Å². The average molecular weight is 568 g/mol. The average Bonchev–Trinajstić information content (AvgIpc) is 3.85. The van der Waals surface area contributed by atoms with E-state index in [-0.39, 0.29) is 28.4 Å². The Balaban J connectivity index is 1.23. The van der Waals surface area contributed by atoms with E-state index in [1.165, 1.54) is 30.2 Å². The number of anilines is 1. The van der Waals surface area contributed by atoms with Crippen molar-refractivity contribution in [3.63, 3.8) is 0 Å². The largest absolute Gasteiger partial charge is 0.491 e. The van der Waals surface area contributed by atoms with Crippen LogP contribution in [0.5, 0.6) is 17.2 Å². The Bertz CT molecular complexity index is 1570. The Hall–Kier alpha value is -3.96. The number of halogens is 3. The van der Waals surface area contributed by atoms with Crippen molar-refractivity contribution in [2.45, 2.75) is 37.4 Å². The van der Waals surface area contributed by atoms with E-state index in [9.17, 15) is 22.8 Å². The summed E-state index contributed by atoms with van der Waals surface area (Å²) in [4.78, 5) is 29.5. The molecule has 2 aliphatic carbocycles. The first kappa shape index (κ1) is 26.3. The molecule has 7 nitrogen and oxygen atoms in total. The van der Waals surface area contributed by atoms with E-state index in [4.69, 9.17) is 9.47 Å². The van der Waals surface area contributed by atoms with Gasteiger partial charge >= 0.3 is 12.1 Å². The van der Waals surface area contributed by atoms with Crippen molar-refractivity contribution in [2.24, 2.45) is 5.92 Å². The predicted octanol–water partition coefficient (Wildman–Crippen LogP) is 6.66. The molecule has 3 aromatic carbocycles. The minimum absolute atomic E-state index is 0.0545. The maximum absolute atomic E-state index is 13.3. The molecule has 1 amide bonds. The number of carbonyl (C=O) groups is 2. The number of carbonyl (C=O) groups excluding carboxylic acids is 2. The SMILES string of the molecule is O=C(Nc1nc2ccc(Oc3ccccc3)cc2s1)c1cccc(C2CC2NCC2CC2)c1OC(=O)C(F)(F)F. The molecule has 2 fully saturated rings. The van der Waals surface area contributed by atoms with Crippen LogP contribution in [0.2, 0.25) is 0 Å². The van der Waals surface area contributed by atoms with Crippen LogP contribution in [0.15, 0.2) is 66.7 Å². The Morgan fingerprint density at radius 1 is 1.00 bits per heavy atom. The van der Waals surface area contributed by atoms with Crippen molar-refractivity contribution in [1.82, 2.24) is 10.3 Å². The van der Waals surface area contributed by atoms with Gasteiger partial charge < -0.3 is 14.8 Å². The van der Waals surface area contributed by atoms with Gasteiger partial charge in [0.15, 0.2) is 5.13 Å². The second kappa shape index (κ2) is 10.5. The third-order valence-corrected chi connectivity index (χ3v) is 7.76. The second-order valence-electron chi connectivity index (χ2n) is 9.93. The van der Waals surface area contributed by atoms with Crippen molar-refractivity contribution < 1.29 is 32.2 Å². The fourth-order valence-corrected chi connectivity index (χ4v) is 5.39. The lowest BCUT2D eigenvalue weighted by Crippen LogP contribution is -2.29. The molecule has 11 heteroatoms. The zero-order valence-corrected chi connectivity index (χ0v) is 21.9. The van der Waals surface area contributed by atoms with E-state index in [1.54, 1.807) is 30.3 Å². The normalized spacial score (nSPS) is 18.4. The summed E-state index contributed by atoms with van der Waals surface area (Å²) in [5, 5.41) is 6.32. The molecule has 1 heterocycles. The highest BCUT2D eigenvalue weighted by Crippen LogP contribution is 2.47. The summed E-state index contributed by atoms with van der Waals surface area (Å²) in [6.07, 6.45) is -2.19. The van der Waals surface area contributed by atoms with E-state index in [0.717, 1.165) is 11.2 Å². The summed E-state index contributed by atoms with van der Waals surface area (Å²) >= 11 is 1.19. The van der Waals surface area contributed by atoms with Gasteiger partial charge in [-0.1, -0.05) is 41.7 Å². The Morgan fingerprint density at radius 2 is 1.80 bits per heavy atom. The lowest BCUT2D eigenvalue weighted by Gasteiger charge is -2.15. The summed E-state index contributed by atoms with van der Waals surface area (Å²) in [6.45, 7) is 0.842. The number of nitrogens with zero attached hydrogens (tertiary/aromatic N) is 1. The Labute approximate surface area is 231 Å². The molecule has 6 rings (SSSR count). The molecular weight excluding hydrogens is 543 g/mol. The number of fused-ring (bicyclic) bond motifs is 1. The van der Waals surface area contributed by atoms with Crippen LogP contribution in [0.4, 0.5) is 18.3 Å². The van der Waals surface area contributed by atoms with Crippen molar-refractivity contribution in [3.8, 4) is 17.2 Å². The van der Waals surface area contributed by atoms with Crippen LogP contribution < -0.4 is 20.1 Å². The van der Waals surface area contributed by atoms with Gasteiger partial charge in [0.1, 0.15) is 17.2 Å². The number of alkyl halides is 3. The van der Waals surface area contributed by atoms with Crippen LogP contribution in [0.1, 0.15) is 41.1 Å². The fraction of sp³-hybridized carbons (Fsp3) is 0.276. The van der Waals surface area contributed by atoms with Crippen LogP contribution in [0.3, 0.4) is 0 Å². The van der Waals surface area contributed by atoms with Crippen molar-refractivity contribution in [2.75, 3.05) is 11.9 Å². The molecule has 2 unspecified atom stereocenters. The van der Waals surface area contributed by atoms with Gasteiger partial charge in [-0.25, -0.2) is 9.78 Å². The monoisotopic (exact) mass is 567 g/mol. The van der Waals surface area contributed by atoms with Crippen molar-refractivity contribution >= 4 is 38.6 Å². The first-order valence-electron chi connectivity index (χ1n) is 12.8. The second-order valence-corrected chi connectivity index (χ2v) is 11.0. The summed E-state index contributed by atoms with van der Waals surface area (Å²) in [5.74, 6) is -1.74. The van der Waals surface area contributed by atoms with E-state index < -0.39 is 18.1 Å². The predicted molar refractivity (Wildman–Crippen MR) is 144 cm³/mol. The highest BCUT2D eigenvalue weighted by molar-refractivity contribution is 7.22. The van der Waals surface area contributed by atoms with Crippen LogP contribution in [-0.2, 0) is 4.79 Å². The smallest absolute Gasteiger partial charge is 0.457 e. The molecule has 2 N–H and O–H groups in total. The molecular formula is C29H24F3N3O4S. The van der Waals surface area contributed by atoms with Crippen LogP contribution in [0.25, 0.3) is 10.2 Å². The third-order valence-electron chi connectivity index (χ3n) is 6.83. The van der Waals surface area contributed by atoms with Gasteiger partial charge in [0.05, 0.1) is 15.8 Å². The number of esters is 1. The number of rotatable bonds is 9. The van der Waals surface area contributed by atoms with Crippen molar-refractivity contribution in [3.05, 3.63) is 77.9 Å². The zero-order valence-electron chi connectivity index (χ0n) is 21.0. The number of amides is 1. The molecule has 2 atom stereocenters. The molecule has 0 saturated heterocycles. The first-order chi connectivity index (χ1) is 19.2. The summed E-state index contributed by atoms with van der Waals surface area (Å²) in [6, 6.07) is 19.1. The van der Waals surface area contributed by atoms with E-state index in [2.05, 4.69) is 15.6 Å². The summed E-state index contributed by atoms with van der Waals surface area (Å²) in [7, 11) is 0. The van der Waals surface area contributed by atoms with E-state index >= 15 is 0 Å². The minimum Gasteiger partial charge on any atom is -0.457 e. The molecule has 0 bridgehead atoms. The maximum atomic E-state index is 13.3. The van der Waals surface area contributed by atoms with Crippen molar-refractivity contribution in [1.29, 1.82) is 0 Å². The molecule has 1 aromatic heterocycles. The van der Waals surface area contributed by atoms with Gasteiger partial charge in [-0.15, -0.1) is 0 Å². The maximum Gasteiger partial charge on any atom is 0.491 e. The first-order valence-corrected chi connectivity index (χ1v) is 13.7. The molecule has 4 aromatic rings. The molecule has 2 saturated carbocycles. The Kier molecular flexibility index (Phi) is 6.93. The quantitative estimate of drug-likeness (QED) is 0.174. The molecule has 0 aliphatic heterocycles. The third kappa shape index (κ3) is 5.95. The number of aromatic nitrogens is 1. The van der Waals surface area contributed by atoms with Gasteiger partial charge in [0.2, 0.25) is 0 Å². The topological polar surface area (TPSA) is 89.6 Å². The highest BCUT2D eigenvalue weighted by atomic mass is 32.1. The van der Waals surface area contributed by atoms with Gasteiger partial charge in [0, 0.05) is 23.6 Å². The van der Waals surface area contributed by atoms with Gasteiger partial charge in [0.25, 0.3) is 5.91 Å². The number of ether oxygens (including phenoxy) is 2. The van der Waals surface area contributed by atoms with Crippen LogP contribution >= 0.6 is 11.3 Å². The molecule has 0 spiro atoms. The number of para-hydroxylation sites is 2. The van der Waals surface area contributed by atoms with E-state index in [0.29, 0.717) is 34.9 Å². The number of nitrogens with one attached hydrogen (secondary N) is 2. The van der Waals surface area contributed by atoms with Crippen LogP contribution in [-0.4, -0.2) is 35.6 Å². The molecule has 0 radical (unpaired) electrons. The standard InChI is InChI=1S/C29H24F3N3O4S/c30-29(31,32)27(37)39-25-19(21-14-23(21)33-15-16-9-10-16)7-4-8-20(25)26(36)35-28-34-22-12-11-18(13-24(22)40-28)38-17-5-2-1-3-6-17/h1-8,11-13,16,21,23,33H,9-10,14-15H2,(H,34,35,36). The summed E-state index contributed by atoms with van der Waals surface area (Å²) in [5.41, 5.74) is 0.835. The number of benzene rings is 3. The Morgan fingerprint density at radius 3 is 2.55 bits per heavy atom. The minimum atomic E-state index is -5.21. The summed E-state index contributed by atoms with van der Waals surface area (Å²) < 4.78 is 50.8. The molecule has 206 valence electrons.